The van der Waals surface area contributed by atoms with E-state index in [0.29, 0.717) is 23.7 Å². The summed E-state index contributed by atoms with van der Waals surface area (Å²) >= 11 is 5.82. The number of benzene rings is 2. The van der Waals surface area contributed by atoms with Crippen molar-refractivity contribution >= 4 is 23.2 Å². The Morgan fingerprint density at radius 1 is 1.22 bits per heavy atom. The van der Waals surface area contributed by atoms with E-state index in [1.54, 1.807) is 24.3 Å². The van der Waals surface area contributed by atoms with Crippen molar-refractivity contribution in [2.75, 3.05) is 0 Å². The van der Waals surface area contributed by atoms with Crippen LogP contribution in [0.15, 0.2) is 53.7 Å². The summed E-state index contributed by atoms with van der Waals surface area (Å²) in [5.74, 6) is -0.550. The second-order valence-electron chi connectivity index (χ2n) is 5.19. The Morgan fingerprint density at radius 3 is 2.61 bits per heavy atom. The molecule has 6 heteroatoms. The van der Waals surface area contributed by atoms with Crippen LogP contribution in [0.5, 0.6) is 0 Å². The Morgan fingerprint density at radius 2 is 1.91 bits per heavy atom. The van der Waals surface area contributed by atoms with E-state index in [1.165, 1.54) is 12.1 Å². The van der Waals surface area contributed by atoms with Gasteiger partial charge in [-0.2, -0.15) is 0 Å². The lowest BCUT2D eigenvalue weighted by Gasteiger charge is -2.09. The molecule has 0 aliphatic carbocycles. The molecule has 3 rings (SSSR count). The summed E-state index contributed by atoms with van der Waals surface area (Å²) in [4.78, 5) is 17.3. The Kier molecular flexibility index (Phi) is 4.57. The van der Waals surface area contributed by atoms with Gasteiger partial charge in [-0.3, -0.25) is 4.79 Å². The van der Waals surface area contributed by atoms with Gasteiger partial charge in [0.05, 0.1) is 5.71 Å². The minimum atomic E-state index is -0.664. The second kappa shape index (κ2) is 6.79. The number of nitrogens with zero attached hydrogens (tertiary/aromatic N) is 1. The third kappa shape index (κ3) is 3.87. The molecule has 1 heterocycles. The zero-order chi connectivity index (χ0) is 16.2. The van der Waals surface area contributed by atoms with Crippen molar-refractivity contribution in [1.29, 1.82) is 0 Å². The number of halogens is 2. The van der Waals surface area contributed by atoms with Crippen LogP contribution in [0.3, 0.4) is 0 Å². The maximum Gasteiger partial charge on any atom is 0.264 e. The van der Waals surface area contributed by atoms with Crippen LogP contribution < -0.4 is 5.32 Å². The van der Waals surface area contributed by atoms with Gasteiger partial charge in [-0.15, -0.1) is 0 Å². The van der Waals surface area contributed by atoms with Crippen molar-refractivity contribution in [3.63, 3.8) is 0 Å². The number of rotatable bonds is 4. The third-order valence-corrected chi connectivity index (χ3v) is 3.77. The highest BCUT2D eigenvalue weighted by Gasteiger charge is 2.28. The van der Waals surface area contributed by atoms with Crippen molar-refractivity contribution in [2.45, 2.75) is 19.1 Å². The smallest absolute Gasteiger partial charge is 0.264 e. The van der Waals surface area contributed by atoms with Crippen LogP contribution in [0.1, 0.15) is 17.5 Å². The highest BCUT2D eigenvalue weighted by atomic mass is 35.5. The molecule has 2 aromatic carbocycles. The fourth-order valence-corrected chi connectivity index (χ4v) is 2.36. The predicted octanol–water partition coefficient (Wildman–Crippen LogP) is 3.29. The van der Waals surface area contributed by atoms with Gasteiger partial charge >= 0.3 is 0 Å². The lowest BCUT2D eigenvalue weighted by Crippen LogP contribution is -2.34. The summed E-state index contributed by atoms with van der Waals surface area (Å²) in [5.41, 5.74) is 2.33. The van der Waals surface area contributed by atoms with Crippen LogP contribution in [-0.4, -0.2) is 17.7 Å². The topological polar surface area (TPSA) is 50.7 Å². The molecule has 23 heavy (non-hydrogen) atoms. The first kappa shape index (κ1) is 15.5. The van der Waals surface area contributed by atoms with Crippen molar-refractivity contribution in [1.82, 2.24) is 5.32 Å². The van der Waals surface area contributed by atoms with Crippen LogP contribution in [0.25, 0.3) is 0 Å². The van der Waals surface area contributed by atoms with Gasteiger partial charge in [0.1, 0.15) is 5.82 Å². The number of oxime groups is 1. The van der Waals surface area contributed by atoms with Crippen LogP contribution in [0, 0.1) is 5.82 Å². The van der Waals surface area contributed by atoms with Gasteiger partial charge in [-0.25, -0.2) is 4.39 Å². The molecule has 0 saturated heterocycles. The summed E-state index contributed by atoms with van der Waals surface area (Å²) < 4.78 is 12.9. The molecule has 1 aliphatic heterocycles. The molecule has 0 aromatic heterocycles. The average Bonchev–Trinajstić information content (AvgIpc) is 3.05. The van der Waals surface area contributed by atoms with Crippen molar-refractivity contribution in [3.8, 4) is 0 Å². The van der Waals surface area contributed by atoms with Gasteiger partial charge in [-0.1, -0.05) is 41.0 Å². The molecule has 4 nitrogen and oxygen atoms in total. The van der Waals surface area contributed by atoms with Gasteiger partial charge < -0.3 is 10.2 Å². The minimum absolute atomic E-state index is 0.235. The Labute approximate surface area is 137 Å². The fourth-order valence-electron chi connectivity index (χ4n) is 2.24. The monoisotopic (exact) mass is 332 g/mol. The summed E-state index contributed by atoms with van der Waals surface area (Å²) in [6.07, 6.45) is -0.305. The number of amides is 1. The normalized spacial score (nSPS) is 16.6. The van der Waals surface area contributed by atoms with E-state index in [2.05, 4.69) is 10.5 Å². The minimum Gasteiger partial charge on any atom is -0.382 e. The highest BCUT2D eigenvalue weighted by molar-refractivity contribution is 6.30. The third-order valence-electron chi connectivity index (χ3n) is 3.52. The van der Waals surface area contributed by atoms with E-state index in [9.17, 15) is 9.18 Å². The predicted molar refractivity (Wildman–Crippen MR) is 85.7 cm³/mol. The second-order valence-corrected chi connectivity index (χ2v) is 5.62. The molecule has 0 spiro atoms. The largest absolute Gasteiger partial charge is 0.382 e. The Hall–Kier alpha value is -2.40. The zero-order valence-corrected chi connectivity index (χ0v) is 12.9. The van der Waals surface area contributed by atoms with Crippen LogP contribution in [-0.2, 0) is 16.2 Å². The molecule has 0 fully saturated rings. The molecule has 0 bridgehead atoms. The summed E-state index contributed by atoms with van der Waals surface area (Å²) in [6, 6.07) is 13.2. The van der Waals surface area contributed by atoms with E-state index in [1.807, 2.05) is 12.1 Å². The molecule has 0 radical (unpaired) electrons. The zero-order valence-electron chi connectivity index (χ0n) is 12.1. The van der Waals surface area contributed by atoms with Gasteiger partial charge in [0.15, 0.2) is 0 Å². The number of nitrogens with one attached hydrogen (secondary N) is 1. The van der Waals surface area contributed by atoms with Crippen LogP contribution in [0.4, 0.5) is 4.39 Å². The molecule has 1 atom stereocenters. The SMILES string of the molecule is O=C(NCc1ccc(Cl)cc1)C1CC(c2ccc(F)cc2)=NO1. The summed E-state index contributed by atoms with van der Waals surface area (Å²) in [6.45, 7) is 0.391. The number of hydrogen-bond acceptors (Lipinski definition) is 3. The van der Waals surface area contributed by atoms with E-state index in [4.69, 9.17) is 16.4 Å². The van der Waals surface area contributed by atoms with E-state index in [0.717, 1.165) is 11.1 Å². The van der Waals surface area contributed by atoms with E-state index < -0.39 is 6.10 Å². The number of hydrogen-bond donors (Lipinski definition) is 1. The van der Waals surface area contributed by atoms with Gasteiger partial charge in [0.2, 0.25) is 6.10 Å². The first-order valence-corrected chi connectivity index (χ1v) is 7.50. The lowest BCUT2D eigenvalue weighted by molar-refractivity contribution is -0.131. The highest BCUT2D eigenvalue weighted by Crippen LogP contribution is 2.17. The Balaban J connectivity index is 1.54. The Bertz CT molecular complexity index is 729. The van der Waals surface area contributed by atoms with Crippen molar-refractivity contribution < 1.29 is 14.0 Å². The lowest BCUT2D eigenvalue weighted by atomic mass is 10.0. The molecular weight excluding hydrogens is 319 g/mol. The van der Waals surface area contributed by atoms with Crippen molar-refractivity contribution in [2.24, 2.45) is 5.16 Å². The van der Waals surface area contributed by atoms with E-state index in [-0.39, 0.29) is 11.7 Å². The molecule has 1 amide bonds. The number of carbonyl (C=O) groups excluding carboxylic acids is 1. The molecule has 118 valence electrons. The summed E-state index contributed by atoms with van der Waals surface area (Å²) in [5, 5.41) is 7.37. The maximum absolute atomic E-state index is 12.9. The molecule has 0 saturated carbocycles. The molecule has 1 aliphatic rings. The standard InChI is InChI=1S/C17H14ClFN2O2/c18-13-5-1-11(2-6-13)10-20-17(22)16-9-15(21-23-16)12-3-7-14(19)8-4-12/h1-8,16H,9-10H2,(H,20,22). The van der Waals surface area contributed by atoms with Gasteiger partial charge in [0.25, 0.3) is 5.91 Å². The maximum atomic E-state index is 12.9. The van der Waals surface area contributed by atoms with Crippen LogP contribution in [0.2, 0.25) is 5.02 Å². The molecule has 1 N–H and O–H groups in total. The fraction of sp³-hybridized carbons (Fsp3) is 0.176. The van der Waals surface area contributed by atoms with Crippen LogP contribution >= 0.6 is 11.6 Å². The molecule has 2 aromatic rings. The molecular formula is C17H14ClFN2O2. The van der Waals surface area contributed by atoms with E-state index >= 15 is 0 Å². The molecule has 1 unspecified atom stereocenters. The first-order chi connectivity index (χ1) is 11.1. The van der Waals surface area contributed by atoms with Gasteiger partial charge in [-0.05, 0) is 35.4 Å². The number of carbonyl (C=O) groups is 1. The summed E-state index contributed by atoms with van der Waals surface area (Å²) in [7, 11) is 0. The van der Waals surface area contributed by atoms with Gasteiger partial charge in [0, 0.05) is 18.0 Å². The average molecular weight is 333 g/mol. The first-order valence-electron chi connectivity index (χ1n) is 7.12. The van der Waals surface area contributed by atoms with Crippen molar-refractivity contribution in [3.05, 3.63) is 70.5 Å². The quantitative estimate of drug-likeness (QED) is 0.934.